The first-order valence-corrected chi connectivity index (χ1v) is 10.5. The van der Waals surface area contributed by atoms with E-state index in [-0.39, 0.29) is 28.4 Å². The fourth-order valence-corrected chi connectivity index (χ4v) is 4.28. The Labute approximate surface area is 182 Å². The van der Waals surface area contributed by atoms with Crippen molar-refractivity contribution in [3.8, 4) is 11.4 Å². The van der Waals surface area contributed by atoms with Gasteiger partial charge in [-0.3, -0.25) is 14.5 Å². The average Bonchev–Trinajstić information content (AvgIpc) is 3.42. The molecule has 2 aromatic carbocycles. The third-order valence-electron chi connectivity index (χ3n) is 6.05. The number of aromatic amines is 2. The van der Waals surface area contributed by atoms with Gasteiger partial charge < -0.3 is 20.6 Å². The number of pyridine rings is 1. The van der Waals surface area contributed by atoms with Crippen molar-refractivity contribution in [2.24, 2.45) is 0 Å². The van der Waals surface area contributed by atoms with Gasteiger partial charge in [0.15, 0.2) is 0 Å². The molecule has 2 aromatic heterocycles. The molecule has 1 amide bonds. The second-order valence-corrected chi connectivity index (χ2v) is 8.13. The number of nitrogens with two attached hydrogens (primary N) is 1. The SMILES string of the molecule is CN(C(=O)CN1CCCC1)c1ccc2nc(-c3c(N)c4c(F)cccc4[nH]c3=O)[nH]c2c1. The van der Waals surface area contributed by atoms with Crippen LogP contribution in [0.3, 0.4) is 0 Å². The van der Waals surface area contributed by atoms with Gasteiger partial charge in [-0.15, -0.1) is 0 Å². The topological polar surface area (TPSA) is 111 Å². The smallest absolute Gasteiger partial charge is 0.261 e. The first-order chi connectivity index (χ1) is 15.4. The minimum atomic E-state index is -0.519. The van der Waals surface area contributed by atoms with Gasteiger partial charge in [0.05, 0.1) is 34.2 Å². The summed E-state index contributed by atoms with van der Waals surface area (Å²) in [6.07, 6.45) is 2.25. The molecule has 1 aliphatic rings. The van der Waals surface area contributed by atoms with Crippen LogP contribution in [0.15, 0.2) is 41.2 Å². The number of carbonyl (C=O) groups is 1. The van der Waals surface area contributed by atoms with E-state index >= 15 is 0 Å². The van der Waals surface area contributed by atoms with Crippen LogP contribution in [0.2, 0.25) is 0 Å². The zero-order valence-corrected chi connectivity index (χ0v) is 17.6. The average molecular weight is 434 g/mol. The van der Waals surface area contributed by atoms with Gasteiger partial charge in [-0.05, 0) is 56.3 Å². The number of nitrogens with zero attached hydrogens (tertiary/aromatic N) is 3. The number of hydrogen-bond acceptors (Lipinski definition) is 5. The van der Waals surface area contributed by atoms with E-state index in [0.717, 1.165) is 25.9 Å². The number of likely N-dealkylation sites (tertiary alicyclic amines) is 1. The summed E-state index contributed by atoms with van der Waals surface area (Å²) < 4.78 is 14.4. The highest BCUT2D eigenvalue weighted by Crippen LogP contribution is 2.30. The Balaban J connectivity index is 1.51. The third kappa shape index (κ3) is 3.40. The van der Waals surface area contributed by atoms with Gasteiger partial charge in [0.25, 0.3) is 5.56 Å². The van der Waals surface area contributed by atoms with Crippen molar-refractivity contribution in [1.82, 2.24) is 19.9 Å². The molecule has 0 saturated carbocycles. The Bertz CT molecular complexity index is 1400. The van der Waals surface area contributed by atoms with Crippen molar-refractivity contribution in [3.63, 3.8) is 0 Å². The molecule has 1 fully saturated rings. The fraction of sp³-hybridized carbons (Fsp3) is 0.261. The van der Waals surface area contributed by atoms with Crippen molar-refractivity contribution in [2.45, 2.75) is 12.8 Å². The lowest BCUT2D eigenvalue weighted by Crippen LogP contribution is -2.37. The summed E-state index contributed by atoms with van der Waals surface area (Å²) in [6.45, 7) is 2.28. The number of hydrogen-bond donors (Lipinski definition) is 3. The monoisotopic (exact) mass is 434 g/mol. The lowest BCUT2D eigenvalue weighted by atomic mass is 10.1. The van der Waals surface area contributed by atoms with Crippen LogP contribution >= 0.6 is 0 Å². The van der Waals surface area contributed by atoms with Gasteiger partial charge in [-0.2, -0.15) is 0 Å². The van der Waals surface area contributed by atoms with Crippen molar-refractivity contribution in [3.05, 3.63) is 52.6 Å². The largest absolute Gasteiger partial charge is 0.397 e. The van der Waals surface area contributed by atoms with Crippen LogP contribution in [0.5, 0.6) is 0 Å². The molecular weight excluding hydrogens is 411 g/mol. The molecule has 0 spiro atoms. The number of fused-ring (bicyclic) bond motifs is 2. The second-order valence-electron chi connectivity index (χ2n) is 8.13. The van der Waals surface area contributed by atoms with E-state index in [1.54, 1.807) is 30.1 Å². The van der Waals surface area contributed by atoms with Crippen LogP contribution in [0.25, 0.3) is 33.3 Å². The number of carbonyl (C=O) groups excluding carboxylic acids is 1. The number of imidazole rings is 1. The predicted molar refractivity (Wildman–Crippen MR) is 123 cm³/mol. The van der Waals surface area contributed by atoms with Crippen LogP contribution in [0.4, 0.5) is 15.8 Å². The minimum absolute atomic E-state index is 0.0108. The van der Waals surface area contributed by atoms with E-state index in [9.17, 15) is 14.0 Å². The maximum atomic E-state index is 14.4. The zero-order valence-electron chi connectivity index (χ0n) is 17.6. The van der Waals surface area contributed by atoms with E-state index in [4.69, 9.17) is 5.73 Å². The molecule has 32 heavy (non-hydrogen) atoms. The number of anilines is 2. The van der Waals surface area contributed by atoms with Gasteiger partial charge in [0, 0.05) is 12.7 Å². The summed E-state index contributed by atoms with van der Waals surface area (Å²) in [7, 11) is 1.74. The molecule has 0 bridgehead atoms. The van der Waals surface area contributed by atoms with E-state index in [0.29, 0.717) is 28.8 Å². The van der Waals surface area contributed by atoms with Crippen LogP contribution in [0, 0.1) is 5.82 Å². The maximum Gasteiger partial charge on any atom is 0.261 e. The van der Waals surface area contributed by atoms with Crippen LogP contribution in [-0.2, 0) is 4.79 Å². The molecule has 4 N–H and O–H groups in total. The Morgan fingerprint density at radius 2 is 1.97 bits per heavy atom. The molecule has 1 saturated heterocycles. The number of benzene rings is 2. The molecule has 0 atom stereocenters. The van der Waals surface area contributed by atoms with Crippen LogP contribution in [-0.4, -0.2) is 52.4 Å². The molecule has 4 aromatic rings. The molecule has 164 valence electrons. The number of likely N-dealkylation sites (N-methyl/N-ethyl adjacent to an activating group) is 1. The molecule has 0 unspecified atom stereocenters. The van der Waals surface area contributed by atoms with Gasteiger partial charge in [-0.25, -0.2) is 9.37 Å². The van der Waals surface area contributed by atoms with Gasteiger partial charge in [0.2, 0.25) is 5.91 Å². The fourth-order valence-electron chi connectivity index (χ4n) is 4.28. The lowest BCUT2D eigenvalue weighted by Gasteiger charge is -2.21. The van der Waals surface area contributed by atoms with Gasteiger partial charge in [0.1, 0.15) is 17.2 Å². The van der Waals surface area contributed by atoms with Crippen molar-refractivity contribution < 1.29 is 9.18 Å². The molecule has 9 heteroatoms. The van der Waals surface area contributed by atoms with E-state index in [1.807, 2.05) is 6.07 Å². The Morgan fingerprint density at radius 3 is 2.75 bits per heavy atom. The second kappa shape index (κ2) is 7.76. The standard InChI is InChI=1S/C23H23FN6O2/c1-29(18(31)12-30-9-2-3-10-30)13-7-8-15-17(11-13)27-22(26-15)20-21(25)19-14(24)5-4-6-16(19)28-23(20)32/h4-8,11H,2-3,9-10,12H2,1H3,(H,26,27)(H3,25,28,32). The number of halogens is 1. The zero-order chi connectivity index (χ0) is 22.4. The van der Waals surface area contributed by atoms with Crippen molar-refractivity contribution >= 4 is 39.2 Å². The Hall–Kier alpha value is -3.72. The number of H-pyrrole nitrogens is 2. The van der Waals surface area contributed by atoms with Gasteiger partial charge >= 0.3 is 0 Å². The summed E-state index contributed by atoms with van der Waals surface area (Å²) in [5.41, 5.74) is 8.13. The number of aromatic nitrogens is 3. The highest BCUT2D eigenvalue weighted by Gasteiger charge is 2.20. The molecule has 0 aliphatic carbocycles. The van der Waals surface area contributed by atoms with E-state index in [1.165, 1.54) is 12.1 Å². The number of nitrogens with one attached hydrogen (secondary N) is 2. The summed E-state index contributed by atoms with van der Waals surface area (Å²) in [6, 6.07) is 9.79. The summed E-state index contributed by atoms with van der Waals surface area (Å²) >= 11 is 0. The number of nitrogen functional groups attached to an aromatic ring is 1. The number of amides is 1. The van der Waals surface area contributed by atoms with Crippen LogP contribution < -0.4 is 16.2 Å². The third-order valence-corrected chi connectivity index (χ3v) is 6.05. The molecule has 0 radical (unpaired) electrons. The van der Waals surface area contributed by atoms with E-state index in [2.05, 4.69) is 19.9 Å². The quantitative estimate of drug-likeness (QED) is 0.457. The van der Waals surface area contributed by atoms with Gasteiger partial charge in [-0.1, -0.05) is 6.07 Å². The summed E-state index contributed by atoms with van der Waals surface area (Å²) in [5, 5.41) is 0.149. The molecule has 3 heterocycles. The number of rotatable bonds is 4. The van der Waals surface area contributed by atoms with E-state index < -0.39 is 11.4 Å². The Kier molecular flexibility index (Phi) is 4.90. The highest BCUT2D eigenvalue weighted by atomic mass is 19.1. The van der Waals surface area contributed by atoms with Crippen LogP contribution in [0.1, 0.15) is 12.8 Å². The van der Waals surface area contributed by atoms with Crippen molar-refractivity contribution in [1.29, 1.82) is 0 Å². The summed E-state index contributed by atoms with van der Waals surface area (Å²) in [5.74, 6) is -0.266. The molecular formula is C23H23FN6O2. The Morgan fingerprint density at radius 1 is 1.19 bits per heavy atom. The maximum absolute atomic E-state index is 14.4. The normalized spacial score (nSPS) is 14.4. The molecule has 5 rings (SSSR count). The minimum Gasteiger partial charge on any atom is -0.397 e. The first kappa shape index (κ1) is 20.2. The molecule has 1 aliphatic heterocycles. The molecule has 8 nitrogen and oxygen atoms in total. The highest BCUT2D eigenvalue weighted by molar-refractivity contribution is 5.99. The summed E-state index contributed by atoms with van der Waals surface area (Å²) in [4.78, 5) is 39.4. The lowest BCUT2D eigenvalue weighted by molar-refractivity contribution is -0.119. The van der Waals surface area contributed by atoms with Crippen molar-refractivity contribution in [2.75, 3.05) is 37.3 Å². The first-order valence-electron chi connectivity index (χ1n) is 10.5. The predicted octanol–water partition coefficient (Wildman–Crippen LogP) is 2.85.